The molecule has 2 rings (SSSR count). The van der Waals surface area contributed by atoms with Crippen molar-refractivity contribution < 1.29 is 12.9 Å². The van der Waals surface area contributed by atoms with Crippen LogP contribution in [0.15, 0.2) is 32.1 Å². The third-order valence-electron chi connectivity index (χ3n) is 3.12. The smallest absolute Gasteiger partial charge is 0.265 e. The Hall–Kier alpha value is -1.05. The summed E-state index contributed by atoms with van der Waals surface area (Å²) in [5, 5.41) is 3.78. The van der Waals surface area contributed by atoms with Crippen molar-refractivity contribution in [2.45, 2.75) is 38.0 Å². The van der Waals surface area contributed by atoms with Gasteiger partial charge in [0, 0.05) is 4.47 Å². The molecule has 0 atom stereocenters. The van der Waals surface area contributed by atoms with Gasteiger partial charge < -0.3 is 4.52 Å². The minimum atomic E-state index is -3.82. The van der Waals surface area contributed by atoms with Crippen molar-refractivity contribution in [3.05, 3.63) is 39.0 Å². The van der Waals surface area contributed by atoms with E-state index in [1.807, 2.05) is 6.07 Å². The molecule has 0 aliphatic rings. The number of aryl methyl sites for hydroxylation is 2. The predicted octanol–water partition coefficient (Wildman–Crippen LogP) is 4.54. The van der Waals surface area contributed by atoms with Crippen molar-refractivity contribution in [1.29, 1.82) is 0 Å². The molecule has 2 aromatic rings. The van der Waals surface area contributed by atoms with Crippen LogP contribution in [0.3, 0.4) is 0 Å². The van der Waals surface area contributed by atoms with Crippen LogP contribution in [0.1, 0.15) is 31.0 Å². The zero-order valence-electron chi connectivity index (χ0n) is 12.2. The number of nitrogens with zero attached hydrogens (tertiary/aromatic N) is 1. The van der Waals surface area contributed by atoms with Gasteiger partial charge in [-0.15, -0.1) is 0 Å². The summed E-state index contributed by atoms with van der Waals surface area (Å²) in [6.07, 6.45) is 2.87. The van der Waals surface area contributed by atoms with Crippen LogP contribution in [0.2, 0.25) is 5.02 Å². The highest BCUT2D eigenvalue weighted by Crippen LogP contribution is 2.30. The lowest BCUT2D eigenvalue weighted by atomic mass is 10.1. The van der Waals surface area contributed by atoms with Crippen LogP contribution in [0.5, 0.6) is 0 Å². The maximum atomic E-state index is 12.5. The van der Waals surface area contributed by atoms with Gasteiger partial charge in [0.2, 0.25) is 0 Å². The van der Waals surface area contributed by atoms with Gasteiger partial charge in [-0.3, -0.25) is 0 Å². The second-order valence-corrected chi connectivity index (χ2v) is 7.77. The Balaban J connectivity index is 2.34. The van der Waals surface area contributed by atoms with Crippen molar-refractivity contribution >= 4 is 43.4 Å². The average Bonchev–Trinajstić information content (AvgIpc) is 2.78. The lowest BCUT2D eigenvalue weighted by Crippen LogP contribution is -2.14. The second kappa shape index (κ2) is 7.02. The molecule has 0 unspecified atom stereocenters. The van der Waals surface area contributed by atoms with Gasteiger partial charge in [-0.1, -0.05) is 36.2 Å². The van der Waals surface area contributed by atoms with Gasteiger partial charge in [-0.25, -0.2) is 13.1 Å². The van der Waals surface area contributed by atoms with E-state index in [0.29, 0.717) is 10.2 Å². The van der Waals surface area contributed by atoms with Crippen LogP contribution in [0.4, 0.5) is 5.88 Å². The molecule has 0 spiro atoms. The third-order valence-corrected chi connectivity index (χ3v) is 5.89. The average molecular weight is 408 g/mol. The maximum Gasteiger partial charge on any atom is 0.265 e. The lowest BCUT2D eigenvalue weighted by Gasteiger charge is -2.09. The van der Waals surface area contributed by atoms with Crippen LogP contribution in [-0.4, -0.2) is 13.6 Å². The first kappa shape index (κ1) is 17.3. The molecule has 0 bridgehead atoms. The number of unbranched alkanes of at least 4 members (excludes halogenated alkanes) is 1. The van der Waals surface area contributed by atoms with Crippen LogP contribution in [0, 0.1) is 6.92 Å². The molecule has 1 N–H and O–H groups in total. The third kappa shape index (κ3) is 3.83. The molecule has 1 aromatic heterocycles. The first-order valence-corrected chi connectivity index (χ1v) is 9.43. The SMILES string of the molecule is CCCCc1ccc(Br)c(S(=O)(=O)Nc2onc(C)c2Cl)c1. The molecule has 22 heavy (non-hydrogen) atoms. The molecule has 120 valence electrons. The van der Waals surface area contributed by atoms with E-state index in [2.05, 4.69) is 32.7 Å². The fourth-order valence-electron chi connectivity index (χ4n) is 1.89. The zero-order valence-corrected chi connectivity index (χ0v) is 15.3. The fraction of sp³-hybridized carbons (Fsp3) is 0.357. The van der Waals surface area contributed by atoms with Crippen LogP contribution in [-0.2, 0) is 16.4 Å². The molecular formula is C14H16BrClN2O3S. The normalized spacial score (nSPS) is 11.6. The number of benzene rings is 1. The summed E-state index contributed by atoms with van der Waals surface area (Å²) in [6, 6.07) is 5.29. The van der Waals surface area contributed by atoms with Gasteiger partial charge in [-0.2, -0.15) is 0 Å². The Morgan fingerprint density at radius 3 is 2.73 bits per heavy atom. The number of hydrogen-bond acceptors (Lipinski definition) is 4. The largest absolute Gasteiger partial charge is 0.336 e. The highest BCUT2D eigenvalue weighted by atomic mass is 79.9. The monoisotopic (exact) mass is 406 g/mol. The second-order valence-electron chi connectivity index (χ2n) is 4.88. The van der Waals surface area contributed by atoms with E-state index in [0.717, 1.165) is 24.8 Å². The van der Waals surface area contributed by atoms with Gasteiger partial charge in [-0.05, 0) is 53.4 Å². The molecule has 1 aromatic carbocycles. The number of hydrogen-bond donors (Lipinski definition) is 1. The van der Waals surface area contributed by atoms with Gasteiger partial charge in [0.1, 0.15) is 15.6 Å². The van der Waals surface area contributed by atoms with E-state index in [1.54, 1.807) is 19.1 Å². The van der Waals surface area contributed by atoms with Crippen LogP contribution in [0.25, 0.3) is 0 Å². The summed E-state index contributed by atoms with van der Waals surface area (Å²) in [7, 11) is -3.82. The number of sulfonamides is 1. The van der Waals surface area contributed by atoms with Crippen molar-refractivity contribution in [3.8, 4) is 0 Å². The quantitative estimate of drug-likeness (QED) is 0.763. The van der Waals surface area contributed by atoms with E-state index >= 15 is 0 Å². The first-order chi connectivity index (χ1) is 10.3. The van der Waals surface area contributed by atoms with Gasteiger partial charge >= 0.3 is 0 Å². The van der Waals surface area contributed by atoms with E-state index in [1.165, 1.54) is 0 Å². The molecule has 5 nitrogen and oxygen atoms in total. The highest BCUT2D eigenvalue weighted by Gasteiger charge is 2.22. The van der Waals surface area contributed by atoms with Gasteiger partial charge in [0.25, 0.3) is 15.9 Å². The minimum Gasteiger partial charge on any atom is -0.336 e. The Bertz CT molecular complexity index is 774. The number of anilines is 1. The Morgan fingerprint density at radius 2 is 2.14 bits per heavy atom. The summed E-state index contributed by atoms with van der Waals surface area (Å²) in [6.45, 7) is 3.72. The summed E-state index contributed by atoms with van der Waals surface area (Å²) in [5.74, 6) is -0.0787. The summed E-state index contributed by atoms with van der Waals surface area (Å²) < 4.78 is 32.8. The number of rotatable bonds is 6. The Kier molecular flexibility index (Phi) is 5.52. The van der Waals surface area contributed by atoms with Crippen molar-refractivity contribution in [2.75, 3.05) is 4.72 Å². The Morgan fingerprint density at radius 1 is 1.41 bits per heavy atom. The van der Waals surface area contributed by atoms with Gasteiger partial charge in [0.05, 0.1) is 0 Å². The number of nitrogens with one attached hydrogen (secondary N) is 1. The molecule has 0 aliphatic heterocycles. The van der Waals surface area contributed by atoms with Gasteiger partial charge in [0.15, 0.2) is 0 Å². The molecule has 0 saturated carbocycles. The molecule has 0 radical (unpaired) electrons. The van der Waals surface area contributed by atoms with E-state index in [4.69, 9.17) is 16.1 Å². The highest BCUT2D eigenvalue weighted by molar-refractivity contribution is 9.10. The lowest BCUT2D eigenvalue weighted by molar-refractivity contribution is 0.430. The molecular weight excluding hydrogens is 392 g/mol. The molecule has 0 fully saturated rings. The fourth-order valence-corrected chi connectivity index (χ4v) is 4.07. The van der Waals surface area contributed by atoms with Crippen molar-refractivity contribution in [2.24, 2.45) is 0 Å². The van der Waals surface area contributed by atoms with E-state index in [9.17, 15) is 8.42 Å². The molecule has 0 aliphatic carbocycles. The molecule has 0 amide bonds. The molecule has 0 saturated heterocycles. The Labute approximate surface area is 143 Å². The van der Waals surface area contributed by atoms with E-state index < -0.39 is 10.0 Å². The standard InChI is InChI=1S/C14H16BrClN2O3S/c1-3-4-5-10-6-7-11(15)12(8-10)22(19,20)18-14-13(16)9(2)17-21-14/h6-8,18H,3-5H2,1-2H3. The summed E-state index contributed by atoms with van der Waals surface area (Å²) >= 11 is 9.22. The first-order valence-electron chi connectivity index (χ1n) is 6.78. The topological polar surface area (TPSA) is 72.2 Å². The van der Waals surface area contributed by atoms with Crippen molar-refractivity contribution in [3.63, 3.8) is 0 Å². The molecule has 1 heterocycles. The molecule has 8 heteroatoms. The maximum absolute atomic E-state index is 12.5. The zero-order chi connectivity index (χ0) is 16.3. The van der Waals surface area contributed by atoms with Crippen LogP contribution < -0.4 is 4.72 Å². The number of halogens is 2. The summed E-state index contributed by atoms with van der Waals surface area (Å²) in [4.78, 5) is 0.145. The van der Waals surface area contributed by atoms with E-state index in [-0.39, 0.29) is 15.8 Å². The minimum absolute atomic E-state index is 0.0787. The van der Waals surface area contributed by atoms with Crippen molar-refractivity contribution in [1.82, 2.24) is 5.16 Å². The number of aromatic nitrogens is 1. The summed E-state index contributed by atoms with van der Waals surface area (Å²) in [5.41, 5.74) is 1.39. The predicted molar refractivity (Wildman–Crippen MR) is 89.8 cm³/mol. The van der Waals surface area contributed by atoms with Crippen LogP contribution >= 0.6 is 27.5 Å².